The maximum atomic E-state index is 5.37. The van der Waals surface area contributed by atoms with Crippen molar-refractivity contribution in [3.05, 3.63) is 18.0 Å². The van der Waals surface area contributed by atoms with Crippen molar-refractivity contribution >= 4 is 0 Å². The van der Waals surface area contributed by atoms with Gasteiger partial charge in [-0.2, -0.15) is 5.10 Å². The predicted molar refractivity (Wildman–Crippen MR) is 66.2 cm³/mol. The van der Waals surface area contributed by atoms with Gasteiger partial charge in [0.25, 0.3) is 0 Å². The Balaban J connectivity index is 2.61. The van der Waals surface area contributed by atoms with Crippen LogP contribution < -0.4 is 14.2 Å². The minimum atomic E-state index is 0.528. The van der Waals surface area contributed by atoms with Crippen LogP contribution in [0.5, 0.6) is 17.2 Å². The Labute approximate surface area is 105 Å². The number of nitrogens with zero attached hydrogens (tertiary/aromatic N) is 2. The van der Waals surface area contributed by atoms with Crippen molar-refractivity contribution in [1.29, 1.82) is 0 Å². The van der Waals surface area contributed by atoms with E-state index in [2.05, 4.69) is 15.2 Å². The van der Waals surface area contributed by atoms with Crippen LogP contribution in [0.1, 0.15) is 5.82 Å². The van der Waals surface area contributed by atoms with Crippen molar-refractivity contribution in [3.63, 3.8) is 0 Å². The molecule has 0 unspecified atom stereocenters. The van der Waals surface area contributed by atoms with Crippen LogP contribution in [-0.4, -0.2) is 36.5 Å². The molecule has 0 aliphatic rings. The molecule has 2 rings (SSSR count). The number of methoxy groups -OCH3 is 3. The number of H-pyrrole nitrogens is 1. The molecule has 0 atom stereocenters. The molecule has 0 bridgehead atoms. The largest absolute Gasteiger partial charge is 0.493 e. The maximum Gasteiger partial charge on any atom is 0.204 e. The van der Waals surface area contributed by atoms with Gasteiger partial charge in [-0.1, -0.05) is 0 Å². The van der Waals surface area contributed by atoms with Crippen LogP contribution in [0, 0.1) is 6.92 Å². The number of hydrogen-bond acceptors (Lipinski definition) is 5. The lowest BCUT2D eigenvalue weighted by molar-refractivity contribution is 0.325. The smallest absolute Gasteiger partial charge is 0.204 e. The number of rotatable bonds is 4. The van der Waals surface area contributed by atoms with Crippen LogP contribution in [0.3, 0.4) is 0 Å². The predicted octanol–water partition coefficient (Wildman–Crippen LogP) is 1.81. The Kier molecular flexibility index (Phi) is 3.36. The number of benzene rings is 1. The molecule has 1 N–H and O–H groups in total. The van der Waals surface area contributed by atoms with Gasteiger partial charge in [0.05, 0.1) is 26.9 Å². The number of aromatic nitrogens is 3. The van der Waals surface area contributed by atoms with Crippen LogP contribution in [0.25, 0.3) is 11.4 Å². The lowest BCUT2D eigenvalue weighted by Crippen LogP contribution is -1.97. The van der Waals surface area contributed by atoms with E-state index in [-0.39, 0.29) is 0 Å². The second-order valence-corrected chi connectivity index (χ2v) is 3.63. The molecule has 96 valence electrons. The molecule has 0 aliphatic heterocycles. The SMILES string of the molecule is COc1ccc(-c2n[nH]c(C)n2)c(OC)c1OC. The van der Waals surface area contributed by atoms with Crippen molar-refractivity contribution in [1.82, 2.24) is 15.2 Å². The Morgan fingerprint density at radius 3 is 2.22 bits per heavy atom. The summed E-state index contributed by atoms with van der Waals surface area (Å²) in [4.78, 5) is 4.28. The summed E-state index contributed by atoms with van der Waals surface area (Å²) < 4.78 is 15.9. The van der Waals surface area contributed by atoms with E-state index in [0.29, 0.717) is 23.1 Å². The molecule has 18 heavy (non-hydrogen) atoms. The van der Waals surface area contributed by atoms with Gasteiger partial charge in [-0.3, -0.25) is 5.10 Å². The monoisotopic (exact) mass is 249 g/mol. The number of aryl methyl sites for hydroxylation is 1. The van der Waals surface area contributed by atoms with Gasteiger partial charge in [0, 0.05) is 0 Å². The fourth-order valence-corrected chi connectivity index (χ4v) is 1.74. The average molecular weight is 249 g/mol. The zero-order chi connectivity index (χ0) is 13.1. The van der Waals surface area contributed by atoms with Gasteiger partial charge in [0.1, 0.15) is 5.82 Å². The third kappa shape index (κ3) is 1.97. The van der Waals surface area contributed by atoms with E-state index < -0.39 is 0 Å². The van der Waals surface area contributed by atoms with Gasteiger partial charge in [-0.15, -0.1) is 0 Å². The second-order valence-electron chi connectivity index (χ2n) is 3.63. The molecule has 0 aliphatic carbocycles. The van der Waals surface area contributed by atoms with Gasteiger partial charge >= 0.3 is 0 Å². The minimum Gasteiger partial charge on any atom is -0.493 e. The average Bonchev–Trinajstić information content (AvgIpc) is 2.83. The van der Waals surface area contributed by atoms with Crippen LogP contribution in [0.4, 0.5) is 0 Å². The van der Waals surface area contributed by atoms with Crippen molar-refractivity contribution in [3.8, 4) is 28.6 Å². The molecule has 0 spiro atoms. The summed E-state index contributed by atoms with van der Waals surface area (Å²) >= 11 is 0. The highest BCUT2D eigenvalue weighted by atomic mass is 16.5. The molecular formula is C12H15N3O3. The fraction of sp³-hybridized carbons (Fsp3) is 0.333. The first-order valence-electron chi connectivity index (χ1n) is 5.39. The van der Waals surface area contributed by atoms with Gasteiger partial charge in [-0.05, 0) is 19.1 Å². The number of nitrogens with one attached hydrogen (secondary N) is 1. The normalized spacial score (nSPS) is 10.2. The quantitative estimate of drug-likeness (QED) is 0.894. The van der Waals surface area contributed by atoms with Crippen LogP contribution >= 0.6 is 0 Å². The first kappa shape index (κ1) is 12.2. The summed E-state index contributed by atoms with van der Waals surface area (Å²) in [5.41, 5.74) is 0.750. The molecular weight excluding hydrogens is 234 g/mol. The minimum absolute atomic E-state index is 0.528. The molecule has 6 nitrogen and oxygen atoms in total. The van der Waals surface area contributed by atoms with E-state index in [4.69, 9.17) is 14.2 Å². The van der Waals surface area contributed by atoms with Crippen molar-refractivity contribution in [2.75, 3.05) is 21.3 Å². The summed E-state index contributed by atoms with van der Waals surface area (Å²) in [6.45, 7) is 1.84. The van der Waals surface area contributed by atoms with E-state index in [1.54, 1.807) is 27.4 Å². The Morgan fingerprint density at radius 1 is 1.00 bits per heavy atom. The highest BCUT2D eigenvalue weighted by Crippen LogP contribution is 2.43. The lowest BCUT2D eigenvalue weighted by Gasteiger charge is -2.14. The zero-order valence-corrected chi connectivity index (χ0v) is 10.8. The van der Waals surface area contributed by atoms with Crippen molar-refractivity contribution < 1.29 is 14.2 Å². The first-order valence-corrected chi connectivity index (χ1v) is 5.39. The standard InChI is InChI=1S/C12H15N3O3/c1-7-13-12(15-14-7)8-5-6-9(16-2)11(18-4)10(8)17-3/h5-6H,1-4H3,(H,13,14,15). The maximum absolute atomic E-state index is 5.37. The van der Waals surface area contributed by atoms with Gasteiger partial charge in [0.15, 0.2) is 17.3 Å². The molecule has 0 amide bonds. The number of ether oxygens (including phenoxy) is 3. The van der Waals surface area contributed by atoms with E-state index in [0.717, 1.165) is 11.4 Å². The van der Waals surface area contributed by atoms with Crippen LogP contribution in [-0.2, 0) is 0 Å². The van der Waals surface area contributed by atoms with Crippen molar-refractivity contribution in [2.45, 2.75) is 6.92 Å². The Bertz CT molecular complexity index is 551. The van der Waals surface area contributed by atoms with Gasteiger partial charge < -0.3 is 14.2 Å². The third-order valence-electron chi connectivity index (χ3n) is 2.54. The summed E-state index contributed by atoms with van der Waals surface area (Å²) in [7, 11) is 4.71. The third-order valence-corrected chi connectivity index (χ3v) is 2.54. The fourth-order valence-electron chi connectivity index (χ4n) is 1.74. The zero-order valence-electron chi connectivity index (χ0n) is 10.8. The lowest BCUT2D eigenvalue weighted by atomic mass is 10.1. The van der Waals surface area contributed by atoms with Gasteiger partial charge in [0.2, 0.25) is 5.75 Å². The van der Waals surface area contributed by atoms with Crippen LogP contribution in [0.2, 0.25) is 0 Å². The van der Waals surface area contributed by atoms with E-state index in [9.17, 15) is 0 Å². The topological polar surface area (TPSA) is 69.3 Å². The molecule has 0 saturated carbocycles. The molecule has 0 radical (unpaired) electrons. The van der Waals surface area contributed by atoms with Gasteiger partial charge in [-0.25, -0.2) is 4.98 Å². The second kappa shape index (κ2) is 4.95. The highest BCUT2D eigenvalue weighted by Gasteiger charge is 2.19. The Morgan fingerprint density at radius 2 is 1.72 bits per heavy atom. The summed E-state index contributed by atoms with van der Waals surface area (Å²) in [5, 5.41) is 6.91. The summed E-state index contributed by atoms with van der Waals surface area (Å²) in [6.07, 6.45) is 0. The van der Waals surface area contributed by atoms with Crippen molar-refractivity contribution in [2.24, 2.45) is 0 Å². The van der Waals surface area contributed by atoms with E-state index >= 15 is 0 Å². The van der Waals surface area contributed by atoms with E-state index in [1.807, 2.05) is 13.0 Å². The van der Waals surface area contributed by atoms with E-state index in [1.165, 1.54) is 0 Å². The van der Waals surface area contributed by atoms with Crippen LogP contribution in [0.15, 0.2) is 12.1 Å². The summed E-state index contributed by atoms with van der Waals surface area (Å²) in [6, 6.07) is 3.63. The molecule has 1 heterocycles. The molecule has 1 aromatic carbocycles. The number of aromatic amines is 1. The molecule has 6 heteroatoms. The Hall–Kier alpha value is -2.24. The molecule has 0 saturated heterocycles. The molecule has 1 aromatic heterocycles. The highest BCUT2D eigenvalue weighted by molar-refractivity contribution is 5.72. The first-order chi connectivity index (χ1) is 8.71. The molecule has 2 aromatic rings. The number of hydrogen-bond donors (Lipinski definition) is 1. The summed E-state index contributed by atoms with van der Waals surface area (Å²) in [5.74, 6) is 2.98. The molecule has 0 fully saturated rings.